The van der Waals surface area contributed by atoms with E-state index in [-0.39, 0.29) is 15.5 Å². The van der Waals surface area contributed by atoms with Gasteiger partial charge in [-0.15, -0.1) is 0 Å². The smallest absolute Gasteiger partial charge is 0.182 e. The van der Waals surface area contributed by atoms with E-state index in [1.54, 1.807) is 18.2 Å². The molecule has 7 heteroatoms. The van der Waals surface area contributed by atoms with E-state index >= 15 is 0 Å². The Labute approximate surface area is 127 Å². The molecule has 0 aliphatic carbocycles. The topological polar surface area (TPSA) is 20.7 Å². The highest BCUT2D eigenvalue weighted by molar-refractivity contribution is 7.71. The molecule has 0 amide bonds. The molecule has 0 fully saturated rings. The summed E-state index contributed by atoms with van der Waals surface area (Å²) >= 11 is 17.1. The molecule has 0 aliphatic rings. The molecule has 0 saturated heterocycles. The summed E-state index contributed by atoms with van der Waals surface area (Å²) in [4.78, 5) is 2.92. The van der Waals surface area contributed by atoms with E-state index in [0.29, 0.717) is 16.1 Å². The summed E-state index contributed by atoms with van der Waals surface area (Å²) in [6.07, 6.45) is 0. The first kappa shape index (κ1) is 13.5. The van der Waals surface area contributed by atoms with Gasteiger partial charge in [0.2, 0.25) is 0 Å². The molecule has 0 atom stereocenters. The lowest BCUT2D eigenvalue weighted by Gasteiger charge is -2.09. The third-order valence-electron chi connectivity index (χ3n) is 2.85. The molecule has 3 rings (SSSR count). The summed E-state index contributed by atoms with van der Waals surface area (Å²) in [7, 11) is 0. The van der Waals surface area contributed by atoms with Gasteiger partial charge in [-0.3, -0.25) is 4.57 Å². The Kier molecular flexibility index (Phi) is 3.28. The Bertz CT molecular complexity index is 863. The van der Waals surface area contributed by atoms with Gasteiger partial charge >= 0.3 is 0 Å². The fourth-order valence-electron chi connectivity index (χ4n) is 2.05. The van der Waals surface area contributed by atoms with E-state index in [4.69, 9.17) is 35.4 Å². The van der Waals surface area contributed by atoms with Crippen molar-refractivity contribution >= 4 is 46.5 Å². The summed E-state index contributed by atoms with van der Waals surface area (Å²) in [6.45, 7) is 0. The average molecular weight is 331 g/mol. The Balaban J connectivity index is 2.44. The first-order valence-electron chi connectivity index (χ1n) is 5.52. The number of aromatic nitrogens is 2. The van der Waals surface area contributed by atoms with Crippen LogP contribution in [0.3, 0.4) is 0 Å². The molecule has 0 saturated carbocycles. The molecule has 2 aromatic carbocycles. The third kappa shape index (κ3) is 2.12. The zero-order chi connectivity index (χ0) is 14.4. The Morgan fingerprint density at radius 3 is 2.55 bits per heavy atom. The second kappa shape index (κ2) is 4.84. The number of aromatic amines is 1. The molecule has 1 heterocycles. The lowest BCUT2D eigenvalue weighted by atomic mass is 10.2. The fourth-order valence-corrected chi connectivity index (χ4v) is 2.79. The molecule has 0 aliphatic heterocycles. The molecule has 0 radical (unpaired) electrons. The first-order valence-corrected chi connectivity index (χ1v) is 6.69. The second-order valence-corrected chi connectivity index (χ2v) is 5.38. The summed E-state index contributed by atoms with van der Waals surface area (Å²) in [5.41, 5.74) is 1.24. The van der Waals surface area contributed by atoms with Crippen LogP contribution in [0, 0.1) is 16.4 Å². The van der Waals surface area contributed by atoms with Gasteiger partial charge in [-0.1, -0.05) is 23.2 Å². The summed E-state index contributed by atoms with van der Waals surface area (Å²) < 4.78 is 28.8. The molecule has 1 aromatic heterocycles. The standard InChI is InChI=1S/C13H6Cl2F2N2S/c14-6-1-2-10-11(3-6)19(13(20)18-10)12-8(15)4-7(16)5-9(12)17/h1-5H,(H,18,20). The molecule has 20 heavy (non-hydrogen) atoms. The highest BCUT2D eigenvalue weighted by Crippen LogP contribution is 2.30. The molecule has 0 unspecified atom stereocenters. The quantitative estimate of drug-likeness (QED) is 0.602. The van der Waals surface area contributed by atoms with Crippen LogP contribution in [0.4, 0.5) is 8.78 Å². The second-order valence-electron chi connectivity index (χ2n) is 4.15. The normalized spacial score (nSPS) is 11.2. The number of hydrogen-bond donors (Lipinski definition) is 1. The number of halogens is 4. The molecule has 1 N–H and O–H groups in total. The Morgan fingerprint density at radius 2 is 1.85 bits per heavy atom. The van der Waals surface area contributed by atoms with Crippen LogP contribution in [0.15, 0.2) is 30.3 Å². The largest absolute Gasteiger partial charge is 0.330 e. The number of benzene rings is 2. The van der Waals surface area contributed by atoms with Crippen LogP contribution in [0.1, 0.15) is 0 Å². The van der Waals surface area contributed by atoms with Gasteiger partial charge in [-0.2, -0.15) is 0 Å². The van der Waals surface area contributed by atoms with Crippen LogP contribution >= 0.6 is 35.4 Å². The van der Waals surface area contributed by atoms with Crippen LogP contribution in [0.5, 0.6) is 0 Å². The van der Waals surface area contributed by atoms with Crippen molar-refractivity contribution < 1.29 is 8.78 Å². The van der Waals surface area contributed by atoms with Crippen LogP contribution in [-0.2, 0) is 0 Å². The minimum Gasteiger partial charge on any atom is -0.330 e. The van der Waals surface area contributed by atoms with Crippen molar-refractivity contribution in [1.82, 2.24) is 9.55 Å². The zero-order valence-corrected chi connectivity index (χ0v) is 12.1. The van der Waals surface area contributed by atoms with Crippen molar-refractivity contribution in [3.8, 4) is 5.69 Å². The van der Waals surface area contributed by atoms with Gasteiger partial charge in [0.1, 0.15) is 11.5 Å². The van der Waals surface area contributed by atoms with Gasteiger partial charge in [0.25, 0.3) is 0 Å². The molecule has 0 spiro atoms. The number of rotatable bonds is 1. The predicted molar refractivity (Wildman–Crippen MR) is 78.4 cm³/mol. The maximum atomic E-state index is 14.0. The zero-order valence-electron chi connectivity index (χ0n) is 9.75. The molecular formula is C13H6Cl2F2N2S. The maximum absolute atomic E-state index is 14.0. The van der Waals surface area contributed by atoms with Gasteiger partial charge < -0.3 is 4.98 Å². The molecular weight excluding hydrogens is 325 g/mol. The maximum Gasteiger partial charge on any atom is 0.182 e. The fraction of sp³-hybridized carbons (Fsp3) is 0. The van der Waals surface area contributed by atoms with Crippen molar-refractivity contribution in [3.63, 3.8) is 0 Å². The molecule has 0 bridgehead atoms. The van der Waals surface area contributed by atoms with Crippen molar-refractivity contribution in [3.05, 3.63) is 56.8 Å². The third-order valence-corrected chi connectivity index (χ3v) is 3.66. The van der Waals surface area contributed by atoms with Crippen LogP contribution < -0.4 is 0 Å². The number of imidazole rings is 1. The molecule has 2 nitrogen and oxygen atoms in total. The van der Waals surface area contributed by atoms with Crippen molar-refractivity contribution in [2.24, 2.45) is 0 Å². The van der Waals surface area contributed by atoms with Crippen LogP contribution in [0.2, 0.25) is 10.0 Å². The van der Waals surface area contributed by atoms with Crippen molar-refractivity contribution in [2.75, 3.05) is 0 Å². The predicted octanol–water partition coefficient (Wildman–Crippen LogP) is 5.27. The van der Waals surface area contributed by atoms with E-state index in [1.807, 2.05) is 0 Å². The van der Waals surface area contributed by atoms with Gasteiger partial charge in [-0.05, 0) is 36.5 Å². The average Bonchev–Trinajstić information content (AvgIpc) is 2.65. The lowest BCUT2D eigenvalue weighted by Crippen LogP contribution is -2.00. The summed E-state index contributed by atoms with van der Waals surface area (Å²) in [5.74, 6) is -1.55. The Hall–Kier alpha value is -1.43. The number of nitrogens with zero attached hydrogens (tertiary/aromatic N) is 1. The van der Waals surface area contributed by atoms with E-state index < -0.39 is 11.6 Å². The van der Waals surface area contributed by atoms with Crippen LogP contribution in [0.25, 0.3) is 16.7 Å². The van der Waals surface area contributed by atoms with Crippen molar-refractivity contribution in [1.29, 1.82) is 0 Å². The summed E-state index contributed by atoms with van der Waals surface area (Å²) in [5, 5.41) is 0.401. The highest BCUT2D eigenvalue weighted by Gasteiger charge is 2.16. The molecule has 102 valence electrons. The Morgan fingerprint density at radius 1 is 1.10 bits per heavy atom. The SMILES string of the molecule is Fc1cc(F)c(-n2c(=S)[nH]c3ccc(Cl)cc32)c(Cl)c1. The highest BCUT2D eigenvalue weighted by atomic mass is 35.5. The van der Waals surface area contributed by atoms with Gasteiger partial charge in [0.05, 0.1) is 16.1 Å². The first-order chi connectivity index (χ1) is 9.47. The van der Waals surface area contributed by atoms with E-state index in [9.17, 15) is 8.78 Å². The van der Waals surface area contributed by atoms with E-state index in [2.05, 4.69) is 4.98 Å². The van der Waals surface area contributed by atoms with Crippen LogP contribution in [-0.4, -0.2) is 9.55 Å². The minimum absolute atomic E-state index is 0.00779. The summed E-state index contributed by atoms with van der Waals surface area (Å²) in [6, 6.07) is 6.82. The van der Waals surface area contributed by atoms with Gasteiger partial charge in [0, 0.05) is 11.1 Å². The number of fused-ring (bicyclic) bond motifs is 1. The van der Waals surface area contributed by atoms with Gasteiger partial charge in [0.15, 0.2) is 10.6 Å². The number of nitrogens with one attached hydrogen (secondary N) is 1. The lowest BCUT2D eigenvalue weighted by molar-refractivity contribution is 0.578. The monoisotopic (exact) mass is 330 g/mol. The molecule has 3 aromatic rings. The number of hydrogen-bond acceptors (Lipinski definition) is 1. The number of H-pyrrole nitrogens is 1. The van der Waals surface area contributed by atoms with Gasteiger partial charge in [-0.25, -0.2) is 8.78 Å². The van der Waals surface area contributed by atoms with E-state index in [0.717, 1.165) is 12.1 Å². The van der Waals surface area contributed by atoms with Crippen molar-refractivity contribution in [2.45, 2.75) is 0 Å². The minimum atomic E-state index is -0.799. The van der Waals surface area contributed by atoms with E-state index in [1.165, 1.54) is 4.57 Å².